The van der Waals surface area contributed by atoms with E-state index in [-0.39, 0.29) is 0 Å². The van der Waals surface area contributed by atoms with Crippen LogP contribution >= 0.6 is 0 Å². The van der Waals surface area contributed by atoms with Crippen molar-refractivity contribution in [3.63, 3.8) is 0 Å². The lowest BCUT2D eigenvalue weighted by molar-refractivity contribution is 0.367. The van der Waals surface area contributed by atoms with Gasteiger partial charge in [0.1, 0.15) is 0 Å². The molecule has 0 aromatic rings. The maximum Gasteiger partial charge on any atom is -0.0420 e. The summed E-state index contributed by atoms with van der Waals surface area (Å²) < 4.78 is 0. The summed E-state index contributed by atoms with van der Waals surface area (Å²) in [4.78, 5) is 0. The SMILES string of the molecule is CC.CCC(C)C(C)CC. The molecule has 0 N–H and O–H groups in total. The van der Waals surface area contributed by atoms with Crippen molar-refractivity contribution in [2.75, 3.05) is 0 Å². The Kier molecular flexibility index (Phi) is 11.4. The molecule has 0 saturated heterocycles. The molecule has 0 aromatic carbocycles. The van der Waals surface area contributed by atoms with Gasteiger partial charge in [0, 0.05) is 0 Å². The second-order valence-corrected chi connectivity index (χ2v) is 2.77. The first kappa shape index (κ1) is 12.7. The number of rotatable bonds is 3. The van der Waals surface area contributed by atoms with Gasteiger partial charge in [0.2, 0.25) is 0 Å². The molecule has 0 aliphatic carbocycles. The predicted molar refractivity (Wildman–Crippen MR) is 50.3 cm³/mol. The first-order chi connectivity index (χ1) is 4.72. The third-order valence-electron chi connectivity index (χ3n) is 2.26. The Morgan fingerprint density at radius 2 is 1.00 bits per heavy atom. The molecule has 0 aromatic heterocycles. The molecule has 0 aliphatic rings. The maximum absolute atomic E-state index is 2.33. The molecule has 0 nitrogen and oxygen atoms in total. The summed E-state index contributed by atoms with van der Waals surface area (Å²) in [5.74, 6) is 1.83. The quantitative estimate of drug-likeness (QED) is 0.559. The van der Waals surface area contributed by atoms with Gasteiger partial charge in [-0.1, -0.05) is 54.4 Å². The number of hydrogen-bond acceptors (Lipinski definition) is 0. The van der Waals surface area contributed by atoms with E-state index in [2.05, 4.69) is 27.7 Å². The van der Waals surface area contributed by atoms with Gasteiger partial charge in [0.05, 0.1) is 0 Å². The van der Waals surface area contributed by atoms with E-state index in [0.29, 0.717) is 0 Å². The molecule has 0 heteroatoms. The van der Waals surface area contributed by atoms with Crippen molar-refractivity contribution >= 4 is 0 Å². The lowest BCUT2D eigenvalue weighted by atomic mass is 9.92. The molecular formula is C10H24. The average Bonchev–Trinajstić information content (AvgIpc) is 2.05. The molecular weight excluding hydrogens is 120 g/mol. The van der Waals surface area contributed by atoms with Crippen molar-refractivity contribution in [1.29, 1.82) is 0 Å². The first-order valence-electron chi connectivity index (χ1n) is 4.72. The van der Waals surface area contributed by atoms with Crippen LogP contribution in [0.2, 0.25) is 0 Å². The van der Waals surface area contributed by atoms with Crippen molar-refractivity contribution in [1.82, 2.24) is 0 Å². The molecule has 2 atom stereocenters. The molecule has 0 spiro atoms. The molecule has 0 saturated carbocycles. The zero-order chi connectivity index (χ0) is 8.57. The third-order valence-corrected chi connectivity index (χ3v) is 2.26. The maximum atomic E-state index is 2.33. The molecule has 64 valence electrons. The standard InChI is InChI=1S/C8H18.C2H6/c1-5-7(3)8(4)6-2;1-2/h7-8H,5-6H2,1-4H3;1-2H3. The van der Waals surface area contributed by atoms with Gasteiger partial charge in [-0.15, -0.1) is 0 Å². The summed E-state index contributed by atoms with van der Waals surface area (Å²) in [5.41, 5.74) is 0. The third kappa shape index (κ3) is 6.12. The Morgan fingerprint density at radius 1 is 0.800 bits per heavy atom. The summed E-state index contributed by atoms with van der Waals surface area (Å²) in [6.45, 7) is 13.2. The fourth-order valence-corrected chi connectivity index (χ4v) is 0.805. The van der Waals surface area contributed by atoms with Crippen LogP contribution in [0, 0.1) is 11.8 Å². The molecule has 0 amide bonds. The number of hydrogen-bond donors (Lipinski definition) is 0. The van der Waals surface area contributed by atoms with Gasteiger partial charge in [-0.05, 0) is 11.8 Å². The zero-order valence-electron chi connectivity index (χ0n) is 8.57. The van der Waals surface area contributed by atoms with Gasteiger partial charge in [-0.3, -0.25) is 0 Å². The van der Waals surface area contributed by atoms with Crippen molar-refractivity contribution in [2.24, 2.45) is 11.8 Å². The minimum absolute atomic E-state index is 0.917. The van der Waals surface area contributed by atoms with Crippen molar-refractivity contribution in [3.05, 3.63) is 0 Å². The summed E-state index contributed by atoms with van der Waals surface area (Å²) in [7, 11) is 0. The van der Waals surface area contributed by atoms with Gasteiger partial charge in [0.15, 0.2) is 0 Å². The minimum atomic E-state index is 0.917. The topological polar surface area (TPSA) is 0 Å². The van der Waals surface area contributed by atoms with E-state index in [1.807, 2.05) is 13.8 Å². The van der Waals surface area contributed by atoms with Gasteiger partial charge in [-0.25, -0.2) is 0 Å². The highest BCUT2D eigenvalue weighted by molar-refractivity contribution is 4.56. The van der Waals surface area contributed by atoms with Crippen LogP contribution in [0.1, 0.15) is 54.4 Å². The average molecular weight is 144 g/mol. The zero-order valence-corrected chi connectivity index (χ0v) is 8.57. The monoisotopic (exact) mass is 144 g/mol. The molecule has 10 heavy (non-hydrogen) atoms. The largest absolute Gasteiger partial charge is 0.0683 e. The molecule has 0 rings (SSSR count). The van der Waals surface area contributed by atoms with Crippen LogP contribution in [0.15, 0.2) is 0 Å². The first-order valence-corrected chi connectivity index (χ1v) is 4.72. The van der Waals surface area contributed by atoms with E-state index < -0.39 is 0 Å². The smallest absolute Gasteiger partial charge is 0.0420 e. The Hall–Kier alpha value is 0. The highest BCUT2D eigenvalue weighted by Gasteiger charge is 2.05. The van der Waals surface area contributed by atoms with E-state index in [9.17, 15) is 0 Å². The summed E-state index contributed by atoms with van der Waals surface area (Å²) in [6.07, 6.45) is 2.66. The summed E-state index contributed by atoms with van der Waals surface area (Å²) in [5, 5.41) is 0. The van der Waals surface area contributed by atoms with E-state index in [0.717, 1.165) is 11.8 Å². The Morgan fingerprint density at radius 3 is 1.10 bits per heavy atom. The minimum Gasteiger partial charge on any atom is -0.0683 e. The van der Waals surface area contributed by atoms with Gasteiger partial charge < -0.3 is 0 Å². The van der Waals surface area contributed by atoms with Crippen molar-refractivity contribution in [3.8, 4) is 0 Å². The molecule has 0 bridgehead atoms. The molecule has 0 aliphatic heterocycles. The Labute approximate surface area is 67.0 Å². The van der Waals surface area contributed by atoms with E-state index in [1.54, 1.807) is 0 Å². The van der Waals surface area contributed by atoms with Crippen LogP contribution < -0.4 is 0 Å². The predicted octanol–water partition coefficient (Wildman–Crippen LogP) is 4.10. The van der Waals surface area contributed by atoms with Crippen LogP contribution in [-0.2, 0) is 0 Å². The van der Waals surface area contributed by atoms with Gasteiger partial charge in [0.25, 0.3) is 0 Å². The molecule has 2 unspecified atom stereocenters. The van der Waals surface area contributed by atoms with Gasteiger partial charge >= 0.3 is 0 Å². The van der Waals surface area contributed by atoms with E-state index in [4.69, 9.17) is 0 Å². The Bertz CT molecular complexity index is 40.0. The second-order valence-electron chi connectivity index (χ2n) is 2.77. The highest BCUT2D eigenvalue weighted by atomic mass is 14.1. The second kappa shape index (κ2) is 9.00. The van der Waals surface area contributed by atoms with Crippen LogP contribution in [0.4, 0.5) is 0 Å². The fourth-order valence-electron chi connectivity index (χ4n) is 0.805. The van der Waals surface area contributed by atoms with Crippen molar-refractivity contribution < 1.29 is 0 Å². The highest BCUT2D eigenvalue weighted by Crippen LogP contribution is 2.16. The van der Waals surface area contributed by atoms with Crippen molar-refractivity contribution in [2.45, 2.75) is 54.4 Å². The fraction of sp³-hybridized carbons (Fsp3) is 1.00. The molecule has 0 radical (unpaired) electrons. The summed E-state index contributed by atoms with van der Waals surface area (Å²) >= 11 is 0. The lowest BCUT2D eigenvalue weighted by Crippen LogP contribution is -2.04. The van der Waals surface area contributed by atoms with Crippen LogP contribution in [0.3, 0.4) is 0 Å². The molecule has 0 fully saturated rings. The van der Waals surface area contributed by atoms with Gasteiger partial charge in [-0.2, -0.15) is 0 Å². The summed E-state index contributed by atoms with van der Waals surface area (Å²) in [6, 6.07) is 0. The van der Waals surface area contributed by atoms with E-state index in [1.165, 1.54) is 12.8 Å². The van der Waals surface area contributed by atoms with Crippen LogP contribution in [-0.4, -0.2) is 0 Å². The van der Waals surface area contributed by atoms with Crippen LogP contribution in [0.5, 0.6) is 0 Å². The normalized spacial score (nSPS) is 15.0. The lowest BCUT2D eigenvalue weighted by Gasteiger charge is -2.14. The van der Waals surface area contributed by atoms with E-state index >= 15 is 0 Å². The molecule has 0 heterocycles. The Balaban J connectivity index is 0. The van der Waals surface area contributed by atoms with Crippen LogP contribution in [0.25, 0.3) is 0 Å².